The van der Waals surface area contributed by atoms with E-state index < -0.39 is 12.1 Å². The summed E-state index contributed by atoms with van der Waals surface area (Å²) in [4.78, 5) is 75.0. The van der Waals surface area contributed by atoms with Crippen LogP contribution in [0, 0.1) is 20.8 Å². The van der Waals surface area contributed by atoms with Gasteiger partial charge in [-0.05, 0) is 73.9 Å². The quantitative estimate of drug-likeness (QED) is 0.318. The molecular weight excluding hydrogens is 488 g/mol. The van der Waals surface area contributed by atoms with E-state index in [1.165, 1.54) is 34.1 Å². The second-order valence-corrected chi connectivity index (χ2v) is 8.42. The summed E-state index contributed by atoms with van der Waals surface area (Å²) < 4.78 is 0. The molecule has 0 atom stereocenters. The maximum absolute atomic E-state index is 13.8. The Morgan fingerprint density at radius 3 is 1.29 bits per heavy atom. The number of isocyanates is 3. The lowest BCUT2D eigenvalue weighted by Gasteiger charge is -2.41. The molecule has 1 heterocycles. The molecule has 0 unspecified atom stereocenters. The second kappa shape index (κ2) is 10.7. The zero-order chi connectivity index (χ0) is 27.4. The molecule has 1 fully saturated rings. The van der Waals surface area contributed by atoms with Crippen molar-refractivity contribution in [2.24, 2.45) is 15.0 Å². The van der Waals surface area contributed by atoms with Gasteiger partial charge in [-0.15, -0.1) is 0 Å². The lowest BCUT2D eigenvalue weighted by molar-refractivity contribution is 0.235. The summed E-state index contributed by atoms with van der Waals surface area (Å²) in [6.07, 6.45) is 4.48. The zero-order valence-electron chi connectivity index (χ0n) is 20.6. The highest BCUT2D eigenvalue weighted by Crippen LogP contribution is 2.35. The minimum absolute atomic E-state index is 0.172. The Labute approximate surface area is 217 Å². The standard InChI is InChI=1S/C27H20N6O5/c1-17-4-7-20(10-23(17)28-13-34)31-16-32(21-8-5-18(2)24(11-21)29-14-35)27(38)33(26(31)37)22-9-6-19(3)25(12-22)30-15-36/h4-12H,16H2,1-3H3. The van der Waals surface area contributed by atoms with E-state index in [0.29, 0.717) is 39.4 Å². The maximum atomic E-state index is 13.8. The van der Waals surface area contributed by atoms with Gasteiger partial charge in [-0.25, -0.2) is 28.9 Å². The molecule has 0 saturated carbocycles. The first kappa shape index (κ1) is 25.6. The predicted molar refractivity (Wildman–Crippen MR) is 140 cm³/mol. The van der Waals surface area contributed by atoms with E-state index in [9.17, 15) is 24.0 Å². The van der Waals surface area contributed by atoms with E-state index in [4.69, 9.17) is 0 Å². The number of carbonyl (C=O) groups is 2. The number of benzene rings is 3. The number of aliphatic imine (C=N–C) groups is 3. The summed E-state index contributed by atoms with van der Waals surface area (Å²) in [5.74, 6) is 0. The number of amides is 4. The van der Waals surface area contributed by atoms with Crippen LogP contribution in [0.5, 0.6) is 0 Å². The van der Waals surface area contributed by atoms with Crippen molar-refractivity contribution in [3.8, 4) is 0 Å². The smallest absolute Gasteiger partial charge is 0.275 e. The van der Waals surface area contributed by atoms with Gasteiger partial charge in [-0.2, -0.15) is 15.0 Å². The molecule has 0 aliphatic carbocycles. The van der Waals surface area contributed by atoms with Crippen LogP contribution in [0.3, 0.4) is 0 Å². The molecule has 0 bridgehead atoms. The number of imide groups is 1. The van der Waals surface area contributed by atoms with Gasteiger partial charge in [0.2, 0.25) is 18.2 Å². The SMILES string of the molecule is Cc1ccc(N2CN(c3ccc(C)c(N=C=O)c3)C(=O)N(c3ccc(C)c(N=C=O)c3)C2=O)cc1N=C=O. The van der Waals surface area contributed by atoms with Crippen LogP contribution in [0.25, 0.3) is 0 Å². The van der Waals surface area contributed by atoms with E-state index >= 15 is 0 Å². The monoisotopic (exact) mass is 508 g/mol. The van der Waals surface area contributed by atoms with E-state index in [0.717, 1.165) is 4.90 Å². The minimum atomic E-state index is -0.681. The number of hydrogen-bond acceptors (Lipinski definition) is 8. The van der Waals surface area contributed by atoms with Gasteiger partial charge in [-0.1, -0.05) is 18.2 Å². The van der Waals surface area contributed by atoms with Gasteiger partial charge in [-0.3, -0.25) is 9.80 Å². The highest BCUT2D eigenvalue weighted by atomic mass is 16.2. The Hall–Kier alpha value is -5.46. The topological polar surface area (TPSA) is 132 Å². The highest BCUT2D eigenvalue weighted by Gasteiger charge is 2.40. The first-order valence-electron chi connectivity index (χ1n) is 11.3. The Kier molecular flexibility index (Phi) is 7.19. The first-order valence-corrected chi connectivity index (χ1v) is 11.3. The molecule has 1 aliphatic heterocycles. The van der Waals surface area contributed by atoms with Gasteiger partial charge < -0.3 is 0 Å². The van der Waals surface area contributed by atoms with Crippen LogP contribution in [-0.4, -0.2) is 37.0 Å². The van der Waals surface area contributed by atoms with Crippen molar-refractivity contribution < 1.29 is 24.0 Å². The Bertz CT molecular complexity index is 1530. The summed E-state index contributed by atoms with van der Waals surface area (Å²) in [5, 5.41) is 0. The fourth-order valence-corrected chi connectivity index (χ4v) is 3.97. The fraction of sp³-hybridized carbons (Fsp3) is 0.148. The van der Waals surface area contributed by atoms with Crippen molar-refractivity contribution in [3.05, 3.63) is 71.3 Å². The summed E-state index contributed by atoms with van der Waals surface area (Å²) in [5.41, 5.74) is 3.82. The number of rotatable bonds is 6. The molecule has 1 saturated heterocycles. The molecular formula is C27H20N6O5. The summed E-state index contributed by atoms with van der Waals surface area (Å²) in [7, 11) is 0. The van der Waals surface area contributed by atoms with Crippen molar-refractivity contribution in [2.75, 3.05) is 21.4 Å². The number of anilines is 3. The molecule has 11 nitrogen and oxygen atoms in total. The van der Waals surface area contributed by atoms with Crippen LogP contribution in [0.15, 0.2) is 69.6 Å². The van der Waals surface area contributed by atoms with Gasteiger partial charge >= 0.3 is 12.1 Å². The lowest BCUT2D eigenvalue weighted by atomic mass is 10.1. The molecule has 3 aromatic rings. The Morgan fingerprint density at radius 2 is 0.921 bits per heavy atom. The van der Waals surface area contributed by atoms with Crippen LogP contribution < -0.4 is 14.7 Å². The molecule has 0 spiro atoms. The third-order valence-electron chi connectivity index (χ3n) is 6.09. The highest BCUT2D eigenvalue weighted by molar-refractivity contribution is 6.25. The minimum Gasteiger partial charge on any atom is -0.275 e. The van der Waals surface area contributed by atoms with Gasteiger partial charge in [0, 0.05) is 11.4 Å². The van der Waals surface area contributed by atoms with Gasteiger partial charge in [0.15, 0.2) is 0 Å². The molecule has 38 heavy (non-hydrogen) atoms. The van der Waals surface area contributed by atoms with Gasteiger partial charge in [0.1, 0.15) is 6.67 Å². The van der Waals surface area contributed by atoms with Crippen molar-refractivity contribution in [1.29, 1.82) is 0 Å². The molecule has 3 aromatic carbocycles. The van der Waals surface area contributed by atoms with Crippen molar-refractivity contribution >= 4 is 64.4 Å². The summed E-state index contributed by atoms with van der Waals surface area (Å²) in [6.45, 7) is 5.03. The molecule has 188 valence electrons. The fourth-order valence-electron chi connectivity index (χ4n) is 3.97. The maximum Gasteiger partial charge on any atom is 0.338 e. The van der Waals surface area contributed by atoms with Crippen LogP contribution in [0.1, 0.15) is 16.7 Å². The molecule has 0 N–H and O–H groups in total. The molecule has 4 rings (SSSR count). The van der Waals surface area contributed by atoms with Gasteiger partial charge in [0.05, 0.1) is 22.7 Å². The van der Waals surface area contributed by atoms with Crippen molar-refractivity contribution in [1.82, 2.24) is 0 Å². The molecule has 0 aromatic heterocycles. The number of nitrogens with zero attached hydrogens (tertiary/aromatic N) is 6. The normalized spacial score (nSPS) is 13.0. The van der Waals surface area contributed by atoms with Crippen molar-refractivity contribution in [3.63, 3.8) is 0 Å². The van der Waals surface area contributed by atoms with Crippen LogP contribution in [0.4, 0.5) is 43.7 Å². The van der Waals surface area contributed by atoms with E-state index in [-0.39, 0.29) is 18.0 Å². The molecule has 11 heteroatoms. The average molecular weight is 508 g/mol. The third kappa shape index (κ3) is 4.80. The summed E-state index contributed by atoms with van der Waals surface area (Å²) >= 11 is 0. The molecule has 1 aliphatic rings. The van der Waals surface area contributed by atoms with Crippen LogP contribution in [-0.2, 0) is 14.4 Å². The molecule has 4 amide bonds. The lowest BCUT2D eigenvalue weighted by Crippen LogP contribution is -2.62. The number of aryl methyl sites for hydroxylation is 3. The van der Waals surface area contributed by atoms with E-state index in [1.54, 1.807) is 69.3 Å². The second-order valence-electron chi connectivity index (χ2n) is 8.42. The van der Waals surface area contributed by atoms with E-state index in [2.05, 4.69) is 15.0 Å². The zero-order valence-corrected chi connectivity index (χ0v) is 20.6. The number of urea groups is 2. The Morgan fingerprint density at radius 1 is 0.579 bits per heavy atom. The largest absolute Gasteiger partial charge is 0.338 e. The number of carbonyl (C=O) groups excluding carboxylic acids is 5. The van der Waals surface area contributed by atoms with Crippen molar-refractivity contribution in [2.45, 2.75) is 20.8 Å². The van der Waals surface area contributed by atoms with Gasteiger partial charge in [0.25, 0.3) is 0 Å². The summed E-state index contributed by atoms with van der Waals surface area (Å²) in [6, 6.07) is 13.1. The molecule has 0 radical (unpaired) electrons. The average Bonchev–Trinajstić information content (AvgIpc) is 2.89. The predicted octanol–water partition coefficient (Wildman–Crippen LogP) is 5.54. The van der Waals surface area contributed by atoms with E-state index in [1.807, 2.05) is 0 Å². The number of hydrogen-bond donors (Lipinski definition) is 0. The first-order chi connectivity index (χ1) is 18.3. The Balaban J connectivity index is 1.90. The van der Waals surface area contributed by atoms with Crippen LogP contribution >= 0.6 is 0 Å². The third-order valence-corrected chi connectivity index (χ3v) is 6.09. The van der Waals surface area contributed by atoms with Crippen LogP contribution in [0.2, 0.25) is 0 Å².